The molecule has 0 N–H and O–H groups in total. The van der Waals surface area contributed by atoms with Crippen molar-refractivity contribution in [1.29, 1.82) is 0 Å². The number of benzene rings is 2. The molecule has 0 aliphatic rings. The molecule has 0 fully saturated rings. The third-order valence-corrected chi connectivity index (χ3v) is 6.24. The van der Waals surface area contributed by atoms with Crippen molar-refractivity contribution in [2.45, 2.75) is 39.4 Å². The molecule has 0 unspecified atom stereocenters. The maximum atomic E-state index is 13.2. The molecule has 2 aromatic carbocycles. The van der Waals surface area contributed by atoms with Gasteiger partial charge in [-0.05, 0) is 56.7 Å². The highest BCUT2D eigenvalue weighted by Crippen LogP contribution is 2.31. The first kappa shape index (κ1) is 23.5. The van der Waals surface area contributed by atoms with E-state index in [9.17, 15) is 18.0 Å². The minimum absolute atomic E-state index is 0.170. The maximum absolute atomic E-state index is 13.2. The number of para-hydroxylation sites is 1. The van der Waals surface area contributed by atoms with Crippen molar-refractivity contribution in [2.24, 2.45) is 0 Å². The zero-order valence-corrected chi connectivity index (χ0v) is 19.6. The van der Waals surface area contributed by atoms with Gasteiger partial charge in [0.15, 0.2) is 0 Å². The maximum Gasteiger partial charge on any atom is 0.416 e. The molecule has 0 amide bonds. The van der Waals surface area contributed by atoms with Gasteiger partial charge in [-0.25, -0.2) is 0 Å². The second-order valence-corrected chi connectivity index (χ2v) is 8.49. The molecule has 36 heavy (non-hydrogen) atoms. The molecule has 0 aliphatic heterocycles. The lowest BCUT2D eigenvalue weighted by atomic mass is 10.1. The quantitative estimate of drug-likeness (QED) is 0.312. The summed E-state index contributed by atoms with van der Waals surface area (Å²) in [5.41, 5.74) is 2.03. The number of rotatable bonds is 6. The highest BCUT2D eigenvalue weighted by atomic mass is 19.4. The molecule has 5 rings (SSSR count). The van der Waals surface area contributed by atoms with Gasteiger partial charge in [0.05, 0.1) is 22.8 Å². The zero-order chi connectivity index (χ0) is 25.4. The van der Waals surface area contributed by atoms with Crippen LogP contribution in [-0.2, 0) is 19.1 Å². The molecule has 0 radical (unpaired) electrons. The molecule has 0 atom stereocenters. The molecule has 0 bridgehead atoms. The van der Waals surface area contributed by atoms with Crippen molar-refractivity contribution in [3.63, 3.8) is 0 Å². The van der Waals surface area contributed by atoms with Gasteiger partial charge in [-0.1, -0.05) is 18.2 Å². The Morgan fingerprint density at radius 2 is 1.67 bits per heavy atom. The fourth-order valence-corrected chi connectivity index (χ4v) is 4.36. The van der Waals surface area contributed by atoms with E-state index >= 15 is 0 Å². The zero-order valence-electron chi connectivity index (χ0n) is 19.6. The van der Waals surface area contributed by atoms with Gasteiger partial charge in [0.1, 0.15) is 0 Å². The third-order valence-electron chi connectivity index (χ3n) is 6.24. The van der Waals surface area contributed by atoms with Crippen LogP contribution in [0.25, 0.3) is 27.9 Å². The molecule has 0 saturated heterocycles. The Labute approximate surface area is 203 Å². The predicted octanol–water partition coefficient (Wildman–Crippen LogP) is 5.51. The molecule has 3 heterocycles. The summed E-state index contributed by atoms with van der Waals surface area (Å²) in [6, 6.07) is 13.9. The minimum Gasteiger partial charge on any atom is -0.421 e. The van der Waals surface area contributed by atoms with Gasteiger partial charge in [-0.3, -0.25) is 4.79 Å². The Kier molecular flexibility index (Phi) is 5.95. The van der Waals surface area contributed by atoms with Crippen molar-refractivity contribution < 1.29 is 17.6 Å². The van der Waals surface area contributed by atoms with Gasteiger partial charge in [-0.15, -0.1) is 10.2 Å². The van der Waals surface area contributed by atoms with Crippen LogP contribution in [0.2, 0.25) is 0 Å². The SMILES string of the molecule is Cc1c2cnn(-c3ccccc3)c(=O)c2c(C)n1CCCc1nnc(-c2ccc(C(F)(F)F)cc2)o1. The molecule has 5 aromatic rings. The Hall–Kier alpha value is -4.21. The molecular weight excluding hydrogens is 471 g/mol. The van der Waals surface area contributed by atoms with E-state index in [0.717, 1.165) is 28.9 Å². The average Bonchev–Trinajstić information content (AvgIpc) is 3.43. The summed E-state index contributed by atoms with van der Waals surface area (Å²) in [5, 5.41) is 13.8. The normalized spacial score (nSPS) is 11.9. The molecule has 0 saturated carbocycles. The van der Waals surface area contributed by atoms with E-state index < -0.39 is 11.7 Å². The summed E-state index contributed by atoms with van der Waals surface area (Å²) >= 11 is 0. The number of hydrogen-bond acceptors (Lipinski definition) is 5. The van der Waals surface area contributed by atoms with Gasteiger partial charge >= 0.3 is 6.18 Å². The second-order valence-electron chi connectivity index (χ2n) is 8.49. The third kappa shape index (κ3) is 4.30. The van der Waals surface area contributed by atoms with E-state index in [1.54, 1.807) is 6.20 Å². The summed E-state index contributed by atoms with van der Waals surface area (Å²) in [5.74, 6) is 0.565. The van der Waals surface area contributed by atoms with E-state index in [1.165, 1.54) is 16.8 Å². The van der Waals surface area contributed by atoms with Crippen LogP contribution in [0.15, 0.2) is 70.0 Å². The first-order valence-electron chi connectivity index (χ1n) is 11.4. The summed E-state index contributed by atoms with van der Waals surface area (Å²) < 4.78 is 47.5. The first-order chi connectivity index (χ1) is 17.2. The van der Waals surface area contributed by atoms with Gasteiger partial charge in [0.25, 0.3) is 5.56 Å². The number of aryl methyl sites for hydroxylation is 3. The number of fused-ring (bicyclic) bond motifs is 1. The van der Waals surface area contributed by atoms with Crippen LogP contribution >= 0.6 is 0 Å². The Balaban J connectivity index is 1.32. The summed E-state index contributed by atoms with van der Waals surface area (Å²) in [4.78, 5) is 13.2. The lowest BCUT2D eigenvalue weighted by Crippen LogP contribution is -2.21. The van der Waals surface area contributed by atoms with Crippen molar-refractivity contribution in [3.05, 3.63) is 94.0 Å². The van der Waals surface area contributed by atoms with E-state index in [1.807, 2.05) is 44.2 Å². The monoisotopic (exact) mass is 493 g/mol. The van der Waals surface area contributed by atoms with Crippen molar-refractivity contribution in [2.75, 3.05) is 0 Å². The molecular formula is C26H22F3N5O2. The standard InChI is InChI=1S/C26H22F3N5O2/c1-16-21-15-30-34(20-7-4-3-5-8-20)25(35)23(21)17(2)33(16)14-6-9-22-31-32-24(36-22)18-10-12-19(13-11-18)26(27,28)29/h3-5,7-8,10-13,15H,6,9,14H2,1-2H3. The van der Waals surface area contributed by atoms with Crippen LogP contribution in [-0.4, -0.2) is 24.5 Å². The second kappa shape index (κ2) is 9.10. The van der Waals surface area contributed by atoms with Crippen LogP contribution in [0.4, 0.5) is 13.2 Å². The number of nitrogens with zero attached hydrogens (tertiary/aromatic N) is 5. The van der Waals surface area contributed by atoms with E-state index in [0.29, 0.717) is 41.9 Å². The fourth-order valence-electron chi connectivity index (χ4n) is 4.36. The topological polar surface area (TPSA) is 78.7 Å². The molecule has 3 aromatic heterocycles. The Morgan fingerprint density at radius 1 is 0.944 bits per heavy atom. The number of halogens is 3. The average molecular weight is 493 g/mol. The summed E-state index contributed by atoms with van der Waals surface area (Å²) in [6.07, 6.45) is -1.54. The van der Waals surface area contributed by atoms with Crippen molar-refractivity contribution >= 4 is 10.8 Å². The first-order valence-corrected chi connectivity index (χ1v) is 11.4. The molecule has 0 spiro atoms. The lowest BCUT2D eigenvalue weighted by Gasteiger charge is -2.08. The largest absolute Gasteiger partial charge is 0.421 e. The highest BCUT2D eigenvalue weighted by molar-refractivity contribution is 5.87. The van der Waals surface area contributed by atoms with Crippen LogP contribution in [0.3, 0.4) is 0 Å². The summed E-state index contributed by atoms with van der Waals surface area (Å²) in [7, 11) is 0. The molecule has 0 aliphatic carbocycles. The number of alkyl halides is 3. The minimum atomic E-state index is -4.40. The van der Waals surface area contributed by atoms with Gasteiger partial charge in [-0.2, -0.15) is 23.0 Å². The Bertz CT molecular complexity index is 1580. The summed E-state index contributed by atoms with van der Waals surface area (Å²) in [6.45, 7) is 4.50. The number of hydrogen-bond donors (Lipinski definition) is 0. The smallest absolute Gasteiger partial charge is 0.416 e. The van der Waals surface area contributed by atoms with Gasteiger partial charge in [0.2, 0.25) is 11.8 Å². The molecule has 184 valence electrons. The van der Waals surface area contributed by atoms with E-state index in [-0.39, 0.29) is 11.4 Å². The molecule has 10 heteroatoms. The number of aromatic nitrogens is 5. The van der Waals surface area contributed by atoms with Gasteiger partial charge in [0, 0.05) is 35.3 Å². The van der Waals surface area contributed by atoms with E-state index in [4.69, 9.17) is 4.42 Å². The highest BCUT2D eigenvalue weighted by Gasteiger charge is 2.30. The fraction of sp³-hybridized carbons (Fsp3) is 0.231. The van der Waals surface area contributed by atoms with Crippen molar-refractivity contribution in [1.82, 2.24) is 24.5 Å². The predicted molar refractivity (Wildman–Crippen MR) is 128 cm³/mol. The van der Waals surface area contributed by atoms with Crippen LogP contribution < -0.4 is 5.56 Å². The Morgan fingerprint density at radius 3 is 2.36 bits per heavy atom. The van der Waals surface area contributed by atoms with Crippen LogP contribution in [0.1, 0.15) is 29.3 Å². The van der Waals surface area contributed by atoms with Gasteiger partial charge < -0.3 is 8.98 Å². The lowest BCUT2D eigenvalue weighted by molar-refractivity contribution is -0.137. The molecule has 7 nitrogen and oxygen atoms in total. The van der Waals surface area contributed by atoms with Crippen LogP contribution in [0, 0.1) is 13.8 Å². The van der Waals surface area contributed by atoms with Crippen LogP contribution in [0.5, 0.6) is 0 Å². The van der Waals surface area contributed by atoms with Crippen molar-refractivity contribution in [3.8, 4) is 17.1 Å². The van der Waals surface area contributed by atoms with E-state index in [2.05, 4.69) is 19.9 Å².